The normalized spacial score (nSPS) is 36.4. The van der Waals surface area contributed by atoms with Gasteiger partial charge in [0.25, 0.3) is 0 Å². The van der Waals surface area contributed by atoms with Crippen molar-refractivity contribution in [2.75, 3.05) is 20.1 Å². The molecular formula is C12H22N2O2. The van der Waals surface area contributed by atoms with Gasteiger partial charge in [0.05, 0.1) is 5.92 Å². The number of likely N-dealkylation sites (N-methyl/N-ethyl adjacent to an activating group) is 1. The van der Waals surface area contributed by atoms with Crippen molar-refractivity contribution in [1.29, 1.82) is 0 Å². The molecule has 2 rings (SSSR count). The maximum absolute atomic E-state index is 11.0. The van der Waals surface area contributed by atoms with Crippen LogP contribution in [0.4, 0.5) is 0 Å². The van der Waals surface area contributed by atoms with Crippen LogP contribution in [0, 0.1) is 5.92 Å². The number of aliphatic carboxylic acids is 1. The second-order valence-electron chi connectivity index (χ2n) is 5.31. The topological polar surface area (TPSA) is 52.6 Å². The van der Waals surface area contributed by atoms with E-state index < -0.39 is 5.97 Å². The fraction of sp³-hybridized carbons (Fsp3) is 0.917. The molecule has 0 radical (unpaired) electrons. The molecule has 2 N–H and O–H groups in total. The lowest BCUT2D eigenvalue weighted by molar-refractivity contribution is -0.143. The Kier molecular flexibility index (Phi) is 3.82. The molecule has 1 saturated heterocycles. The number of carboxylic acids is 1. The molecule has 16 heavy (non-hydrogen) atoms. The lowest BCUT2D eigenvalue weighted by Crippen LogP contribution is -2.43. The molecule has 1 heterocycles. The number of hydrogen-bond acceptors (Lipinski definition) is 3. The third-order valence-electron chi connectivity index (χ3n) is 3.89. The van der Waals surface area contributed by atoms with Gasteiger partial charge in [0.2, 0.25) is 0 Å². The van der Waals surface area contributed by atoms with Crippen LogP contribution in [0.5, 0.6) is 0 Å². The van der Waals surface area contributed by atoms with Crippen LogP contribution in [-0.4, -0.2) is 48.2 Å². The van der Waals surface area contributed by atoms with Gasteiger partial charge in [0.1, 0.15) is 0 Å². The van der Waals surface area contributed by atoms with E-state index in [9.17, 15) is 4.79 Å². The Morgan fingerprint density at radius 2 is 2.12 bits per heavy atom. The van der Waals surface area contributed by atoms with E-state index >= 15 is 0 Å². The van der Waals surface area contributed by atoms with Crippen molar-refractivity contribution < 1.29 is 9.90 Å². The number of nitrogens with one attached hydrogen (secondary N) is 1. The number of rotatable bonds is 3. The molecule has 2 fully saturated rings. The quantitative estimate of drug-likeness (QED) is 0.751. The highest BCUT2D eigenvalue weighted by molar-refractivity contribution is 5.70. The van der Waals surface area contributed by atoms with Gasteiger partial charge in [-0.25, -0.2) is 0 Å². The average Bonchev–Trinajstić information content (AvgIpc) is 2.64. The van der Waals surface area contributed by atoms with E-state index in [0.29, 0.717) is 12.1 Å². The largest absolute Gasteiger partial charge is 0.481 e. The molecule has 0 spiro atoms. The number of nitrogens with zero attached hydrogens (tertiary/aromatic N) is 1. The van der Waals surface area contributed by atoms with Gasteiger partial charge in [0.15, 0.2) is 0 Å². The number of carbonyl (C=O) groups is 1. The van der Waals surface area contributed by atoms with Gasteiger partial charge >= 0.3 is 5.97 Å². The van der Waals surface area contributed by atoms with Crippen LogP contribution in [0.25, 0.3) is 0 Å². The van der Waals surface area contributed by atoms with Gasteiger partial charge in [-0.1, -0.05) is 6.42 Å². The van der Waals surface area contributed by atoms with Crippen LogP contribution in [0.2, 0.25) is 0 Å². The molecule has 0 aromatic heterocycles. The van der Waals surface area contributed by atoms with Crippen LogP contribution in [0.15, 0.2) is 0 Å². The fourth-order valence-corrected chi connectivity index (χ4v) is 2.97. The minimum Gasteiger partial charge on any atom is -0.481 e. The molecule has 2 aliphatic rings. The van der Waals surface area contributed by atoms with Crippen molar-refractivity contribution >= 4 is 5.97 Å². The summed E-state index contributed by atoms with van der Waals surface area (Å²) in [6.45, 7) is 2.26. The summed E-state index contributed by atoms with van der Waals surface area (Å²) in [7, 11) is 2.14. The lowest BCUT2D eigenvalue weighted by Gasteiger charge is -2.29. The lowest BCUT2D eigenvalue weighted by atomic mass is 9.85. The molecule has 4 nitrogen and oxygen atoms in total. The van der Waals surface area contributed by atoms with E-state index in [2.05, 4.69) is 17.3 Å². The first-order valence-corrected chi connectivity index (χ1v) is 6.32. The van der Waals surface area contributed by atoms with Gasteiger partial charge in [0, 0.05) is 18.6 Å². The Labute approximate surface area is 97.0 Å². The molecular weight excluding hydrogens is 204 g/mol. The van der Waals surface area contributed by atoms with Crippen molar-refractivity contribution in [3.05, 3.63) is 0 Å². The van der Waals surface area contributed by atoms with Crippen molar-refractivity contribution in [3.63, 3.8) is 0 Å². The van der Waals surface area contributed by atoms with Crippen molar-refractivity contribution in [1.82, 2.24) is 10.2 Å². The molecule has 0 amide bonds. The summed E-state index contributed by atoms with van der Waals surface area (Å²) in [6, 6.07) is 0.994. The van der Waals surface area contributed by atoms with E-state index in [4.69, 9.17) is 5.11 Å². The first-order valence-electron chi connectivity index (χ1n) is 6.32. The maximum atomic E-state index is 11.0. The zero-order chi connectivity index (χ0) is 11.5. The van der Waals surface area contributed by atoms with Crippen LogP contribution >= 0.6 is 0 Å². The number of carboxylic acid groups (broad SMARTS) is 1. The van der Waals surface area contributed by atoms with Crippen molar-refractivity contribution in [2.45, 2.75) is 44.2 Å². The van der Waals surface area contributed by atoms with Gasteiger partial charge < -0.3 is 15.3 Å². The zero-order valence-corrected chi connectivity index (χ0v) is 9.98. The third kappa shape index (κ3) is 2.95. The van der Waals surface area contributed by atoms with Gasteiger partial charge in [-0.3, -0.25) is 4.79 Å². The Bertz CT molecular complexity index is 257. The highest BCUT2D eigenvalue weighted by Gasteiger charge is 2.29. The minimum atomic E-state index is -0.616. The van der Waals surface area contributed by atoms with E-state index in [1.807, 2.05) is 0 Å². The monoisotopic (exact) mass is 226 g/mol. The fourth-order valence-electron chi connectivity index (χ4n) is 2.97. The van der Waals surface area contributed by atoms with Crippen molar-refractivity contribution in [3.8, 4) is 0 Å². The SMILES string of the molecule is CN1CCC(NC2CCCC(C(=O)O)C2)C1. The summed E-state index contributed by atoms with van der Waals surface area (Å²) < 4.78 is 0. The molecule has 3 unspecified atom stereocenters. The van der Waals surface area contributed by atoms with Gasteiger partial charge in [-0.2, -0.15) is 0 Å². The summed E-state index contributed by atoms with van der Waals surface area (Å²) in [6.07, 6.45) is 5.07. The Hall–Kier alpha value is -0.610. The summed E-state index contributed by atoms with van der Waals surface area (Å²) in [5.41, 5.74) is 0. The Morgan fingerprint density at radius 3 is 2.75 bits per heavy atom. The molecule has 0 bridgehead atoms. The van der Waals surface area contributed by atoms with Crippen LogP contribution in [0.3, 0.4) is 0 Å². The van der Waals surface area contributed by atoms with Crippen LogP contribution in [-0.2, 0) is 4.79 Å². The minimum absolute atomic E-state index is 0.120. The summed E-state index contributed by atoms with van der Waals surface area (Å²) >= 11 is 0. The highest BCUT2D eigenvalue weighted by Crippen LogP contribution is 2.25. The standard InChI is InChI=1S/C12H22N2O2/c1-14-6-5-11(8-14)13-10-4-2-3-9(7-10)12(15)16/h9-11,13H,2-8H2,1H3,(H,15,16). The number of hydrogen-bond donors (Lipinski definition) is 2. The predicted molar refractivity (Wildman–Crippen MR) is 62.4 cm³/mol. The molecule has 1 aliphatic heterocycles. The highest BCUT2D eigenvalue weighted by atomic mass is 16.4. The van der Waals surface area contributed by atoms with Gasteiger partial charge in [-0.15, -0.1) is 0 Å². The molecule has 4 heteroatoms. The Balaban J connectivity index is 1.79. The van der Waals surface area contributed by atoms with E-state index in [0.717, 1.165) is 38.8 Å². The first kappa shape index (κ1) is 11.9. The maximum Gasteiger partial charge on any atom is 0.306 e. The second-order valence-corrected chi connectivity index (χ2v) is 5.31. The van der Waals surface area contributed by atoms with E-state index in [-0.39, 0.29) is 5.92 Å². The summed E-state index contributed by atoms with van der Waals surface area (Å²) in [5, 5.41) is 12.7. The average molecular weight is 226 g/mol. The summed E-state index contributed by atoms with van der Waals surface area (Å²) in [5.74, 6) is -0.736. The molecule has 1 aliphatic carbocycles. The molecule has 3 atom stereocenters. The predicted octanol–water partition coefficient (Wildman–Crippen LogP) is 0.923. The smallest absolute Gasteiger partial charge is 0.306 e. The molecule has 0 aromatic carbocycles. The molecule has 0 aromatic rings. The Morgan fingerprint density at radius 1 is 1.31 bits per heavy atom. The van der Waals surface area contributed by atoms with E-state index in [1.54, 1.807) is 0 Å². The second kappa shape index (κ2) is 5.15. The first-order chi connectivity index (χ1) is 7.65. The van der Waals surface area contributed by atoms with E-state index in [1.165, 1.54) is 6.42 Å². The third-order valence-corrected chi connectivity index (χ3v) is 3.89. The van der Waals surface area contributed by atoms with Crippen LogP contribution in [0.1, 0.15) is 32.1 Å². The number of likely N-dealkylation sites (tertiary alicyclic amines) is 1. The van der Waals surface area contributed by atoms with Crippen LogP contribution < -0.4 is 5.32 Å². The van der Waals surface area contributed by atoms with Crippen molar-refractivity contribution in [2.24, 2.45) is 5.92 Å². The zero-order valence-electron chi connectivity index (χ0n) is 9.98. The molecule has 1 saturated carbocycles. The summed E-state index contributed by atoms with van der Waals surface area (Å²) in [4.78, 5) is 13.3. The van der Waals surface area contributed by atoms with Gasteiger partial charge in [-0.05, 0) is 39.3 Å². The molecule has 92 valence electrons.